The highest BCUT2D eigenvalue weighted by Crippen LogP contribution is 2.29. The molecule has 8 heteroatoms. The minimum absolute atomic E-state index is 0.0286. The molecule has 0 amide bonds. The molecule has 2 unspecified atom stereocenters. The lowest BCUT2D eigenvalue weighted by atomic mass is 10.2. The number of hydrogen-bond acceptors (Lipinski definition) is 7. The second-order valence-corrected chi connectivity index (χ2v) is 11.0. The van der Waals surface area contributed by atoms with E-state index in [0.29, 0.717) is 5.52 Å². The van der Waals surface area contributed by atoms with Gasteiger partial charge in [0.15, 0.2) is 0 Å². The number of ether oxygens (including phenoxy) is 2. The molecule has 6 nitrogen and oxygen atoms in total. The molecule has 33 heavy (non-hydrogen) atoms. The van der Waals surface area contributed by atoms with E-state index in [1.807, 2.05) is 78.9 Å². The molecular weight excluding hydrogens is 458 g/mol. The summed E-state index contributed by atoms with van der Waals surface area (Å²) in [5.41, 5.74) is 2.47. The molecule has 1 heterocycles. The molecule has 0 saturated heterocycles. The van der Waals surface area contributed by atoms with Crippen LogP contribution >= 0.6 is 11.3 Å². The first-order chi connectivity index (χ1) is 16.0. The third-order valence-corrected chi connectivity index (χ3v) is 8.74. The summed E-state index contributed by atoms with van der Waals surface area (Å²) in [6.45, 7) is 0.197. The van der Waals surface area contributed by atoms with E-state index in [2.05, 4.69) is 4.98 Å². The van der Waals surface area contributed by atoms with E-state index in [1.54, 1.807) is 6.07 Å². The average molecular weight is 484 g/mol. The van der Waals surface area contributed by atoms with Gasteiger partial charge in [-0.15, -0.1) is 11.3 Å². The van der Waals surface area contributed by atoms with Crippen molar-refractivity contribution in [3.63, 3.8) is 0 Å². The van der Waals surface area contributed by atoms with Crippen LogP contribution < -0.4 is 0 Å². The second kappa shape index (κ2) is 11.0. The summed E-state index contributed by atoms with van der Waals surface area (Å²) in [5.74, 6) is 0. The van der Waals surface area contributed by atoms with E-state index < -0.39 is 21.2 Å². The first-order valence-corrected chi connectivity index (χ1v) is 12.9. The van der Waals surface area contributed by atoms with Gasteiger partial charge in [-0.3, -0.25) is 0 Å². The van der Waals surface area contributed by atoms with Gasteiger partial charge < -0.3 is 14.6 Å². The lowest BCUT2D eigenvalue weighted by Gasteiger charge is -2.22. The number of aliphatic hydroxyl groups excluding tert-OH is 1. The van der Waals surface area contributed by atoms with Crippen molar-refractivity contribution in [2.75, 3.05) is 13.2 Å². The zero-order chi connectivity index (χ0) is 23.1. The minimum Gasteiger partial charge on any atom is -0.389 e. The summed E-state index contributed by atoms with van der Waals surface area (Å²) in [5, 5.41) is 9.64. The van der Waals surface area contributed by atoms with Crippen LogP contribution in [0.15, 0.2) is 89.3 Å². The number of nitrogens with zero attached hydrogens (tertiary/aromatic N) is 1. The molecule has 4 aromatic rings. The van der Waals surface area contributed by atoms with Gasteiger partial charge >= 0.3 is 0 Å². The number of fused-ring (bicyclic) bond motifs is 1. The topological polar surface area (TPSA) is 85.7 Å². The Morgan fingerprint density at radius 1 is 0.788 bits per heavy atom. The molecule has 4 rings (SSSR count). The van der Waals surface area contributed by atoms with E-state index in [0.717, 1.165) is 27.2 Å². The summed E-state index contributed by atoms with van der Waals surface area (Å²) in [6.07, 6.45) is -1.28. The number of aliphatic hydroxyl groups is 1. The molecule has 0 aliphatic rings. The van der Waals surface area contributed by atoms with Crippen molar-refractivity contribution in [3.05, 3.63) is 96.1 Å². The van der Waals surface area contributed by atoms with Crippen molar-refractivity contribution in [2.45, 2.75) is 28.9 Å². The molecular formula is C25H25NO5S2. The summed E-state index contributed by atoms with van der Waals surface area (Å²) < 4.78 is 39.0. The molecule has 0 aliphatic carbocycles. The predicted octanol–water partition coefficient (Wildman–Crippen LogP) is 4.23. The summed E-state index contributed by atoms with van der Waals surface area (Å²) in [6, 6.07) is 26.2. The average Bonchev–Trinajstić information content (AvgIpc) is 3.28. The first-order valence-electron chi connectivity index (χ1n) is 10.5. The van der Waals surface area contributed by atoms with E-state index in [-0.39, 0.29) is 30.8 Å². The summed E-state index contributed by atoms with van der Waals surface area (Å²) in [7, 11) is -3.96. The molecule has 0 fully saturated rings. The van der Waals surface area contributed by atoms with Crippen LogP contribution in [0, 0.1) is 0 Å². The molecule has 0 spiro atoms. The van der Waals surface area contributed by atoms with Crippen molar-refractivity contribution in [1.82, 2.24) is 4.98 Å². The fourth-order valence-corrected chi connectivity index (χ4v) is 6.41. The second-order valence-electron chi connectivity index (χ2n) is 7.60. The number of sulfone groups is 1. The van der Waals surface area contributed by atoms with Crippen molar-refractivity contribution < 1.29 is 23.0 Å². The van der Waals surface area contributed by atoms with Gasteiger partial charge in [-0.25, -0.2) is 13.4 Å². The van der Waals surface area contributed by atoms with Crippen LogP contribution in [0.4, 0.5) is 0 Å². The Hall–Kier alpha value is -2.62. The van der Waals surface area contributed by atoms with Gasteiger partial charge in [0, 0.05) is 0 Å². The van der Waals surface area contributed by atoms with Crippen LogP contribution in [0.5, 0.6) is 0 Å². The number of thiazole rings is 1. The quantitative estimate of drug-likeness (QED) is 0.344. The molecule has 1 N–H and O–H groups in total. The van der Waals surface area contributed by atoms with E-state index in [9.17, 15) is 13.5 Å². The Morgan fingerprint density at radius 3 is 1.94 bits per heavy atom. The number of hydrogen-bond donors (Lipinski definition) is 1. The van der Waals surface area contributed by atoms with Gasteiger partial charge in [0.05, 0.1) is 42.7 Å². The van der Waals surface area contributed by atoms with Crippen LogP contribution in [-0.2, 0) is 32.5 Å². The standard InChI is InChI=1S/C25H25NO5S2/c27-22(17-30-15-19-9-3-1-4-10-19)24(18-31-16-20-11-5-2-6-12-20)33(28,29)25-26-21-13-7-8-14-23(21)32-25/h1-14,22,24,27H,15-18H2. The highest BCUT2D eigenvalue weighted by Gasteiger charge is 2.36. The van der Waals surface area contributed by atoms with Gasteiger partial charge in [0.2, 0.25) is 14.2 Å². The van der Waals surface area contributed by atoms with Crippen LogP contribution in [0.25, 0.3) is 10.2 Å². The van der Waals surface area contributed by atoms with E-state index in [1.165, 1.54) is 0 Å². The molecule has 2 atom stereocenters. The lowest BCUT2D eigenvalue weighted by molar-refractivity contribution is 0.00774. The molecule has 0 bridgehead atoms. The highest BCUT2D eigenvalue weighted by atomic mass is 32.2. The molecule has 1 aromatic heterocycles. The van der Waals surface area contributed by atoms with Crippen molar-refractivity contribution in [3.8, 4) is 0 Å². The van der Waals surface area contributed by atoms with Crippen LogP contribution in [0.2, 0.25) is 0 Å². The van der Waals surface area contributed by atoms with Crippen molar-refractivity contribution in [1.29, 1.82) is 0 Å². The summed E-state index contributed by atoms with van der Waals surface area (Å²) >= 11 is 1.09. The van der Waals surface area contributed by atoms with Gasteiger partial charge in [-0.05, 0) is 23.3 Å². The van der Waals surface area contributed by atoms with Crippen molar-refractivity contribution in [2.24, 2.45) is 0 Å². The lowest BCUT2D eigenvalue weighted by Crippen LogP contribution is -2.41. The van der Waals surface area contributed by atoms with Crippen LogP contribution in [0.1, 0.15) is 11.1 Å². The maximum absolute atomic E-state index is 13.5. The zero-order valence-electron chi connectivity index (χ0n) is 17.9. The number of rotatable bonds is 11. The largest absolute Gasteiger partial charge is 0.389 e. The fraction of sp³-hybridized carbons (Fsp3) is 0.240. The molecule has 0 aliphatic heterocycles. The fourth-order valence-electron chi connectivity index (χ4n) is 3.36. The van der Waals surface area contributed by atoms with E-state index in [4.69, 9.17) is 9.47 Å². The minimum atomic E-state index is -3.96. The number of aromatic nitrogens is 1. The molecule has 0 radical (unpaired) electrons. The van der Waals surface area contributed by atoms with Crippen LogP contribution in [-0.4, -0.2) is 43.1 Å². The van der Waals surface area contributed by atoms with E-state index >= 15 is 0 Å². The van der Waals surface area contributed by atoms with Gasteiger partial charge in [-0.2, -0.15) is 0 Å². The monoisotopic (exact) mass is 483 g/mol. The Kier molecular flexibility index (Phi) is 7.85. The smallest absolute Gasteiger partial charge is 0.213 e. The predicted molar refractivity (Wildman–Crippen MR) is 129 cm³/mol. The number of para-hydroxylation sites is 1. The molecule has 0 saturated carbocycles. The maximum atomic E-state index is 13.5. The highest BCUT2D eigenvalue weighted by molar-refractivity contribution is 7.94. The van der Waals surface area contributed by atoms with Gasteiger partial charge in [0.25, 0.3) is 0 Å². The number of benzene rings is 3. The van der Waals surface area contributed by atoms with Crippen LogP contribution in [0.3, 0.4) is 0 Å². The Bertz CT molecular complexity index is 1230. The third-order valence-electron chi connectivity index (χ3n) is 5.14. The Morgan fingerprint density at radius 2 is 1.33 bits per heavy atom. The Balaban J connectivity index is 1.50. The normalized spacial score (nSPS) is 13.7. The summed E-state index contributed by atoms with van der Waals surface area (Å²) in [4.78, 5) is 4.30. The van der Waals surface area contributed by atoms with Gasteiger partial charge in [0.1, 0.15) is 5.25 Å². The Labute approximate surface area is 197 Å². The van der Waals surface area contributed by atoms with Gasteiger partial charge in [-0.1, -0.05) is 72.8 Å². The molecule has 3 aromatic carbocycles. The molecule has 172 valence electrons. The SMILES string of the molecule is O=S(=O)(c1nc2ccccc2s1)C(COCc1ccccc1)C(O)COCc1ccccc1. The first kappa shape index (κ1) is 23.5. The maximum Gasteiger partial charge on any atom is 0.213 e. The van der Waals surface area contributed by atoms with Crippen molar-refractivity contribution >= 4 is 31.4 Å². The third kappa shape index (κ3) is 6.04. The zero-order valence-corrected chi connectivity index (χ0v) is 19.5.